The van der Waals surface area contributed by atoms with Crippen LogP contribution in [0, 0.1) is 13.8 Å². The first-order valence-electron chi connectivity index (χ1n) is 10.3. The number of amides is 1. The van der Waals surface area contributed by atoms with Crippen LogP contribution in [0.2, 0.25) is 0 Å². The van der Waals surface area contributed by atoms with Gasteiger partial charge < -0.3 is 4.42 Å². The van der Waals surface area contributed by atoms with Crippen molar-refractivity contribution in [3.63, 3.8) is 0 Å². The number of carbonyl (C=O) groups excluding carboxylic acids is 1. The topological polar surface area (TPSA) is 46.3 Å². The van der Waals surface area contributed by atoms with Gasteiger partial charge in [-0.25, -0.2) is 4.98 Å². The lowest BCUT2D eigenvalue weighted by Gasteiger charge is -2.19. The van der Waals surface area contributed by atoms with Gasteiger partial charge in [-0.15, -0.1) is 0 Å². The van der Waals surface area contributed by atoms with E-state index in [1.54, 1.807) is 22.5 Å². The molecule has 5 aromatic rings. The minimum absolute atomic E-state index is 0.000966. The van der Waals surface area contributed by atoms with Crippen LogP contribution in [0.1, 0.15) is 22.5 Å². The maximum Gasteiger partial charge on any atom is 0.233 e. The van der Waals surface area contributed by atoms with E-state index in [-0.39, 0.29) is 5.91 Å². The van der Waals surface area contributed by atoms with Crippen LogP contribution in [-0.2, 0) is 17.8 Å². The van der Waals surface area contributed by atoms with Gasteiger partial charge in [-0.05, 0) is 53.4 Å². The summed E-state index contributed by atoms with van der Waals surface area (Å²) in [6.07, 6.45) is 1.94. The van der Waals surface area contributed by atoms with Crippen LogP contribution >= 0.6 is 11.3 Å². The molecule has 0 unspecified atom stereocenters. The Morgan fingerprint density at radius 1 is 0.968 bits per heavy atom. The van der Waals surface area contributed by atoms with Crippen LogP contribution in [0.15, 0.2) is 77.4 Å². The van der Waals surface area contributed by atoms with Crippen LogP contribution in [0.3, 0.4) is 0 Å². The summed E-state index contributed by atoms with van der Waals surface area (Å²) in [7, 11) is 0. The molecule has 1 amide bonds. The Labute approximate surface area is 184 Å². The summed E-state index contributed by atoms with van der Waals surface area (Å²) < 4.78 is 6.67. The summed E-state index contributed by atoms with van der Waals surface area (Å²) in [6, 6.07) is 22.3. The van der Waals surface area contributed by atoms with E-state index in [4.69, 9.17) is 9.40 Å². The van der Waals surface area contributed by atoms with E-state index in [2.05, 4.69) is 50.2 Å². The number of furan rings is 1. The summed E-state index contributed by atoms with van der Waals surface area (Å²) in [5.41, 5.74) is 4.23. The fourth-order valence-corrected chi connectivity index (χ4v) is 4.93. The first-order chi connectivity index (χ1) is 15.1. The van der Waals surface area contributed by atoms with Crippen molar-refractivity contribution < 1.29 is 9.21 Å². The Morgan fingerprint density at radius 3 is 2.55 bits per heavy atom. The minimum Gasteiger partial charge on any atom is -0.467 e. The molecule has 2 aromatic heterocycles. The van der Waals surface area contributed by atoms with Crippen molar-refractivity contribution >= 4 is 43.4 Å². The van der Waals surface area contributed by atoms with Crippen molar-refractivity contribution in [3.8, 4) is 0 Å². The smallest absolute Gasteiger partial charge is 0.233 e. The molecule has 31 heavy (non-hydrogen) atoms. The monoisotopic (exact) mass is 426 g/mol. The SMILES string of the molecule is Cc1ccc(C)c2sc(N(Cc3ccco3)C(=O)Cc3ccc4ccccc4c3)nc12. The molecule has 0 aliphatic carbocycles. The van der Waals surface area contributed by atoms with Gasteiger partial charge in [0, 0.05) is 0 Å². The normalized spacial score (nSPS) is 11.3. The second-order valence-corrected chi connectivity index (χ2v) is 8.77. The third kappa shape index (κ3) is 3.84. The lowest BCUT2D eigenvalue weighted by molar-refractivity contribution is -0.118. The molecule has 0 atom stereocenters. The van der Waals surface area contributed by atoms with E-state index in [1.165, 1.54) is 10.9 Å². The van der Waals surface area contributed by atoms with Crippen molar-refractivity contribution in [3.05, 3.63) is 95.4 Å². The molecular weight excluding hydrogens is 404 g/mol. The van der Waals surface area contributed by atoms with Crippen LogP contribution in [0.25, 0.3) is 21.0 Å². The highest BCUT2D eigenvalue weighted by atomic mass is 32.1. The number of anilines is 1. The Bertz CT molecular complexity index is 1350. The summed E-state index contributed by atoms with van der Waals surface area (Å²) in [6.45, 7) is 4.49. The molecule has 0 fully saturated rings. The summed E-state index contributed by atoms with van der Waals surface area (Å²) in [5.74, 6) is 0.737. The van der Waals surface area contributed by atoms with E-state index in [0.717, 1.165) is 32.5 Å². The Kier molecular flexibility index (Phi) is 5.04. The first-order valence-corrected chi connectivity index (χ1v) is 11.1. The molecule has 0 aliphatic heterocycles. The van der Waals surface area contributed by atoms with E-state index in [1.807, 2.05) is 30.3 Å². The molecule has 0 radical (unpaired) electrons. The molecule has 0 saturated heterocycles. The van der Waals surface area contributed by atoms with Gasteiger partial charge in [-0.3, -0.25) is 9.69 Å². The fourth-order valence-electron chi connectivity index (χ4n) is 3.80. The molecule has 0 spiro atoms. The van der Waals surface area contributed by atoms with E-state index < -0.39 is 0 Å². The highest BCUT2D eigenvalue weighted by molar-refractivity contribution is 7.22. The molecule has 0 saturated carbocycles. The predicted octanol–water partition coefficient (Wildman–Crippen LogP) is 6.44. The number of aryl methyl sites for hydroxylation is 2. The van der Waals surface area contributed by atoms with Crippen LogP contribution in [0.4, 0.5) is 5.13 Å². The van der Waals surface area contributed by atoms with Gasteiger partial charge in [0.1, 0.15) is 5.76 Å². The largest absolute Gasteiger partial charge is 0.467 e. The minimum atomic E-state index is 0.000966. The maximum atomic E-state index is 13.5. The van der Waals surface area contributed by atoms with Crippen molar-refractivity contribution in [2.45, 2.75) is 26.8 Å². The van der Waals surface area contributed by atoms with Crippen molar-refractivity contribution in [2.75, 3.05) is 4.90 Å². The average Bonchev–Trinajstić information content (AvgIpc) is 3.45. The zero-order valence-electron chi connectivity index (χ0n) is 17.5. The molecule has 5 heteroatoms. The highest BCUT2D eigenvalue weighted by Gasteiger charge is 2.22. The lowest BCUT2D eigenvalue weighted by atomic mass is 10.0. The van der Waals surface area contributed by atoms with Gasteiger partial charge in [0.2, 0.25) is 5.91 Å². The van der Waals surface area contributed by atoms with Crippen molar-refractivity contribution in [1.82, 2.24) is 4.98 Å². The number of nitrogens with zero attached hydrogens (tertiary/aromatic N) is 2. The van der Waals surface area contributed by atoms with Gasteiger partial charge in [-0.1, -0.05) is 65.9 Å². The van der Waals surface area contributed by atoms with Gasteiger partial charge in [0.25, 0.3) is 0 Å². The first kappa shape index (κ1) is 19.5. The molecule has 0 N–H and O–H groups in total. The van der Waals surface area contributed by atoms with Crippen LogP contribution in [0.5, 0.6) is 0 Å². The summed E-state index contributed by atoms with van der Waals surface area (Å²) >= 11 is 1.56. The Hall–Kier alpha value is -3.44. The standard InChI is InChI=1S/C26H22N2O2S/c1-17-9-10-18(2)25-24(17)27-26(31-25)28(16-22-8-5-13-30-22)23(29)15-19-11-12-20-6-3-4-7-21(20)14-19/h3-14H,15-16H2,1-2H3. The third-order valence-corrected chi connectivity index (χ3v) is 6.74. The number of hydrogen-bond donors (Lipinski definition) is 0. The molecule has 4 nitrogen and oxygen atoms in total. The summed E-state index contributed by atoms with van der Waals surface area (Å²) in [5, 5.41) is 3.01. The second-order valence-electron chi connectivity index (χ2n) is 7.79. The van der Waals surface area contributed by atoms with Crippen LogP contribution in [-0.4, -0.2) is 10.9 Å². The zero-order valence-corrected chi connectivity index (χ0v) is 18.3. The number of thiazole rings is 1. The van der Waals surface area contributed by atoms with Crippen molar-refractivity contribution in [1.29, 1.82) is 0 Å². The number of rotatable bonds is 5. The summed E-state index contributed by atoms with van der Waals surface area (Å²) in [4.78, 5) is 20.1. The van der Waals surface area contributed by atoms with Gasteiger partial charge in [0.05, 0.1) is 29.4 Å². The zero-order chi connectivity index (χ0) is 21.4. The van der Waals surface area contributed by atoms with Crippen LogP contribution < -0.4 is 4.90 Å². The second kappa shape index (κ2) is 8.00. The lowest BCUT2D eigenvalue weighted by Crippen LogP contribution is -2.31. The number of fused-ring (bicyclic) bond motifs is 2. The molecule has 154 valence electrons. The molecular formula is C26H22N2O2S. The Morgan fingerprint density at radius 2 is 1.77 bits per heavy atom. The predicted molar refractivity (Wildman–Crippen MR) is 127 cm³/mol. The van der Waals surface area contributed by atoms with E-state index in [0.29, 0.717) is 18.1 Å². The van der Waals surface area contributed by atoms with Crippen molar-refractivity contribution in [2.24, 2.45) is 0 Å². The average molecular weight is 427 g/mol. The van der Waals surface area contributed by atoms with E-state index in [9.17, 15) is 4.79 Å². The maximum absolute atomic E-state index is 13.5. The molecule has 0 aliphatic rings. The number of benzene rings is 3. The van der Waals surface area contributed by atoms with E-state index >= 15 is 0 Å². The number of aromatic nitrogens is 1. The fraction of sp³-hybridized carbons (Fsp3) is 0.154. The highest BCUT2D eigenvalue weighted by Crippen LogP contribution is 2.34. The molecule has 5 rings (SSSR count). The van der Waals surface area contributed by atoms with Gasteiger partial charge >= 0.3 is 0 Å². The molecule has 3 aromatic carbocycles. The molecule has 0 bridgehead atoms. The quantitative estimate of drug-likeness (QED) is 0.325. The Balaban J connectivity index is 1.51. The molecule has 2 heterocycles. The van der Waals surface area contributed by atoms with Gasteiger partial charge in [-0.2, -0.15) is 0 Å². The van der Waals surface area contributed by atoms with Gasteiger partial charge in [0.15, 0.2) is 5.13 Å². The number of carbonyl (C=O) groups is 1. The number of hydrogen-bond acceptors (Lipinski definition) is 4. The third-order valence-electron chi connectivity index (χ3n) is 5.53.